The summed E-state index contributed by atoms with van der Waals surface area (Å²) in [5, 5.41) is 24.1. The van der Waals surface area contributed by atoms with Crippen molar-refractivity contribution in [3.63, 3.8) is 0 Å². The molecule has 3 aromatic rings. The normalized spacial score (nSPS) is 11.3. The number of anilines is 1. The second-order valence-electron chi connectivity index (χ2n) is 6.35. The lowest BCUT2D eigenvalue weighted by molar-refractivity contribution is 0.0740. The van der Waals surface area contributed by atoms with Crippen LogP contribution < -0.4 is 5.73 Å². The van der Waals surface area contributed by atoms with Crippen molar-refractivity contribution in [1.82, 2.24) is 14.8 Å². The summed E-state index contributed by atoms with van der Waals surface area (Å²) >= 11 is 0. The molecule has 0 unspecified atom stereocenters. The molecule has 126 valence electrons. The highest BCUT2D eigenvalue weighted by atomic mass is 16.3. The molecule has 3 rings (SSSR count). The van der Waals surface area contributed by atoms with Crippen LogP contribution in [0.4, 0.5) is 5.82 Å². The molecule has 0 saturated heterocycles. The van der Waals surface area contributed by atoms with Crippen LogP contribution in [-0.2, 0) is 12.1 Å². The first-order chi connectivity index (χ1) is 11.9. The van der Waals surface area contributed by atoms with Gasteiger partial charge in [0.25, 0.3) is 0 Å². The molecule has 0 aliphatic heterocycles. The summed E-state index contributed by atoms with van der Waals surface area (Å²) in [5.41, 5.74) is 8.09. The SMILES string of the molecule is CC(C)(O)c1cc(-c2ccccc2Cn2cccn2)c(C#N)c(N)n1. The molecule has 25 heavy (non-hydrogen) atoms. The minimum absolute atomic E-state index is 0.117. The summed E-state index contributed by atoms with van der Waals surface area (Å²) in [6, 6.07) is 13.5. The number of rotatable bonds is 4. The van der Waals surface area contributed by atoms with Crippen LogP contribution in [-0.4, -0.2) is 19.9 Å². The van der Waals surface area contributed by atoms with Crippen molar-refractivity contribution in [2.75, 3.05) is 5.73 Å². The van der Waals surface area contributed by atoms with E-state index in [0.717, 1.165) is 11.1 Å². The third-order valence-electron chi connectivity index (χ3n) is 3.99. The highest BCUT2D eigenvalue weighted by molar-refractivity contribution is 5.78. The molecule has 0 aliphatic carbocycles. The third kappa shape index (κ3) is 3.37. The highest BCUT2D eigenvalue weighted by Crippen LogP contribution is 2.33. The van der Waals surface area contributed by atoms with Crippen molar-refractivity contribution in [1.29, 1.82) is 5.26 Å². The lowest BCUT2D eigenvalue weighted by Gasteiger charge is -2.20. The molecule has 3 N–H and O–H groups in total. The van der Waals surface area contributed by atoms with Crippen LogP contribution in [0.25, 0.3) is 11.1 Å². The van der Waals surface area contributed by atoms with Gasteiger partial charge in [0.15, 0.2) is 0 Å². The van der Waals surface area contributed by atoms with Crippen LogP contribution in [0.5, 0.6) is 0 Å². The second kappa shape index (κ2) is 6.38. The Morgan fingerprint density at radius 3 is 2.64 bits per heavy atom. The molecular weight excluding hydrogens is 314 g/mol. The Morgan fingerprint density at radius 1 is 1.24 bits per heavy atom. The molecule has 0 spiro atoms. The van der Waals surface area contributed by atoms with E-state index in [4.69, 9.17) is 5.73 Å². The quantitative estimate of drug-likeness (QED) is 0.764. The molecule has 0 amide bonds. The number of nitrogens with two attached hydrogens (primary N) is 1. The summed E-state index contributed by atoms with van der Waals surface area (Å²) in [6.07, 6.45) is 3.60. The lowest BCUT2D eigenvalue weighted by atomic mass is 9.93. The molecule has 2 heterocycles. The van der Waals surface area contributed by atoms with Crippen LogP contribution in [0, 0.1) is 11.3 Å². The predicted molar refractivity (Wildman–Crippen MR) is 95.4 cm³/mol. The third-order valence-corrected chi connectivity index (χ3v) is 3.99. The first-order valence-corrected chi connectivity index (χ1v) is 7.89. The van der Waals surface area contributed by atoms with E-state index in [-0.39, 0.29) is 5.82 Å². The van der Waals surface area contributed by atoms with E-state index >= 15 is 0 Å². The van der Waals surface area contributed by atoms with Crippen molar-refractivity contribution < 1.29 is 5.11 Å². The van der Waals surface area contributed by atoms with Gasteiger partial charge in [-0.1, -0.05) is 24.3 Å². The van der Waals surface area contributed by atoms with Crippen molar-refractivity contribution in [2.45, 2.75) is 26.0 Å². The van der Waals surface area contributed by atoms with Crippen molar-refractivity contribution in [3.05, 3.63) is 65.6 Å². The van der Waals surface area contributed by atoms with Gasteiger partial charge in [0.1, 0.15) is 23.1 Å². The first kappa shape index (κ1) is 16.7. The maximum atomic E-state index is 10.3. The molecule has 1 aromatic carbocycles. The Morgan fingerprint density at radius 2 is 2.00 bits per heavy atom. The zero-order valence-corrected chi connectivity index (χ0v) is 14.1. The standard InChI is InChI=1S/C19H19N5O/c1-19(2,25)17-10-15(16(11-20)18(21)23-17)14-7-4-3-6-13(14)12-24-9-5-8-22-24/h3-10,25H,12H2,1-2H3,(H2,21,23). The number of hydrogen-bond donors (Lipinski definition) is 2. The highest BCUT2D eigenvalue weighted by Gasteiger charge is 2.23. The predicted octanol–water partition coefficient (Wildman–Crippen LogP) is 2.67. The summed E-state index contributed by atoms with van der Waals surface area (Å²) in [4.78, 5) is 4.19. The largest absolute Gasteiger partial charge is 0.384 e. The van der Waals surface area contributed by atoms with Crippen LogP contribution >= 0.6 is 0 Å². The number of aromatic nitrogens is 3. The van der Waals surface area contributed by atoms with Crippen LogP contribution in [0.2, 0.25) is 0 Å². The van der Waals surface area contributed by atoms with E-state index in [9.17, 15) is 10.4 Å². The number of pyridine rings is 1. The van der Waals surface area contributed by atoms with Gasteiger partial charge in [0.2, 0.25) is 0 Å². The Labute approximate surface area is 146 Å². The maximum Gasteiger partial charge on any atom is 0.142 e. The zero-order valence-electron chi connectivity index (χ0n) is 14.1. The van der Waals surface area contributed by atoms with Gasteiger partial charge in [-0.3, -0.25) is 4.68 Å². The van der Waals surface area contributed by atoms with E-state index in [1.807, 2.05) is 41.2 Å². The van der Waals surface area contributed by atoms with E-state index in [1.54, 1.807) is 26.1 Å². The first-order valence-electron chi connectivity index (χ1n) is 7.89. The van der Waals surface area contributed by atoms with Gasteiger partial charge in [-0.2, -0.15) is 10.4 Å². The Balaban J connectivity index is 2.19. The van der Waals surface area contributed by atoms with E-state index in [0.29, 0.717) is 23.4 Å². The molecule has 0 aliphatic rings. The summed E-state index contributed by atoms with van der Waals surface area (Å²) in [7, 11) is 0. The Kier molecular flexibility index (Phi) is 4.26. The molecular formula is C19H19N5O. The average Bonchev–Trinajstić information content (AvgIpc) is 3.07. The van der Waals surface area contributed by atoms with Crippen LogP contribution in [0.3, 0.4) is 0 Å². The van der Waals surface area contributed by atoms with Crippen molar-refractivity contribution >= 4 is 5.82 Å². The molecule has 6 nitrogen and oxygen atoms in total. The van der Waals surface area contributed by atoms with Gasteiger partial charge in [0, 0.05) is 18.0 Å². The fraction of sp³-hybridized carbons (Fsp3) is 0.211. The topological polar surface area (TPSA) is 101 Å². The average molecular weight is 333 g/mol. The molecule has 0 saturated carbocycles. The smallest absolute Gasteiger partial charge is 0.142 e. The Bertz CT molecular complexity index is 933. The number of nitrogens with zero attached hydrogens (tertiary/aromatic N) is 4. The van der Waals surface area contributed by atoms with Crippen molar-refractivity contribution in [3.8, 4) is 17.2 Å². The van der Waals surface area contributed by atoms with Crippen LogP contribution in [0.1, 0.15) is 30.7 Å². The van der Waals surface area contributed by atoms with E-state index in [1.165, 1.54) is 0 Å². The maximum absolute atomic E-state index is 10.3. The lowest BCUT2D eigenvalue weighted by Crippen LogP contribution is -2.19. The fourth-order valence-corrected chi connectivity index (χ4v) is 2.70. The summed E-state index contributed by atoms with van der Waals surface area (Å²) in [6.45, 7) is 3.84. The minimum atomic E-state index is -1.16. The van der Waals surface area contributed by atoms with E-state index < -0.39 is 5.60 Å². The van der Waals surface area contributed by atoms with E-state index in [2.05, 4.69) is 16.2 Å². The van der Waals surface area contributed by atoms with Gasteiger partial charge < -0.3 is 10.8 Å². The minimum Gasteiger partial charge on any atom is -0.384 e. The number of aliphatic hydroxyl groups is 1. The number of nitriles is 1. The van der Waals surface area contributed by atoms with Gasteiger partial charge in [-0.25, -0.2) is 4.98 Å². The van der Waals surface area contributed by atoms with Gasteiger partial charge in [-0.05, 0) is 37.1 Å². The molecule has 2 aromatic heterocycles. The zero-order chi connectivity index (χ0) is 18.0. The monoisotopic (exact) mass is 333 g/mol. The number of hydrogen-bond acceptors (Lipinski definition) is 5. The molecule has 0 fully saturated rings. The second-order valence-corrected chi connectivity index (χ2v) is 6.35. The molecule has 0 atom stereocenters. The van der Waals surface area contributed by atoms with Gasteiger partial charge in [0.05, 0.1) is 12.2 Å². The molecule has 0 bridgehead atoms. The molecule has 0 radical (unpaired) electrons. The van der Waals surface area contributed by atoms with Gasteiger partial charge >= 0.3 is 0 Å². The number of nitrogen functional groups attached to an aromatic ring is 1. The Hall–Kier alpha value is -3.17. The van der Waals surface area contributed by atoms with Gasteiger partial charge in [-0.15, -0.1) is 0 Å². The fourth-order valence-electron chi connectivity index (χ4n) is 2.70. The summed E-state index contributed by atoms with van der Waals surface area (Å²) in [5.74, 6) is 0.117. The van der Waals surface area contributed by atoms with Crippen LogP contribution in [0.15, 0.2) is 48.8 Å². The molecule has 6 heteroatoms. The number of benzene rings is 1. The summed E-state index contributed by atoms with van der Waals surface area (Å²) < 4.78 is 1.81. The van der Waals surface area contributed by atoms with Crippen molar-refractivity contribution in [2.24, 2.45) is 0 Å².